The molecule has 0 aromatic rings. The first kappa shape index (κ1) is 13.4. The molecule has 0 N–H and O–H groups in total. The third kappa shape index (κ3) is 1.82. The number of ether oxygens (including phenoxy) is 3. The van der Waals surface area contributed by atoms with Gasteiger partial charge in [0.2, 0.25) is 0 Å². The molecule has 0 unspecified atom stereocenters. The number of hydrogen-bond acceptors (Lipinski definition) is 6. The van der Waals surface area contributed by atoms with Gasteiger partial charge in [-0.15, -0.1) is 0 Å². The van der Waals surface area contributed by atoms with Crippen LogP contribution in [0.2, 0.25) is 0 Å². The zero-order valence-corrected chi connectivity index (χ0v) is 11.8. The lowest BCUT2D eigenvalue weighted by Crippen LogP contribution is -2.45. The molecule has 0 aromatic carbocycles. The summed E-state index contributed by atoms with van der Waals surface area (Å²) in [4.78, 5) is 26.1. The van der Waals surface area contributed by atoms with Crippen molar-refractivity contribution in [2.45, 2.75) is 38.0 Å². The predicted molar refractivity (Wildman–Crippen MR) is 68.4 cm³/mol. The van der Waals surface area contributed by atoms with Gasteiger partial charge in [0.25, 0.3) is 0 Å². The molecule has 20 heavy (non-hydrogen) atoms. The maximum absolute atomic E-state index is 12.1. The van der Waals surface area contributed by atoms with Crippen molar-refractivity contribution in [3.8, 4) is 0 Å². The number of hydrogen-bond donors (Lipinski definition) is 0. The highest BCUT2D eigenvalue weighted by molar-refractivity contribution is 5.91. The van der Waals surface area contributed by atoms with Crippen LogP contribution in [0.1, 0.15) is 26.2 Å². The standard InChI is InChI=1S/C14H19NO5/c1-3-19-13(17)9-7-14-5-4-6-15(14)8-10(11(9)20-14)12(16)18-2/h8-9,11H,3-7H2,1-2H3/t9-,11-,14+/m0/s1. The van der Waals surface area contributed by atoms with Crippen molar-refractivity contribution in [3.05, 3.63) is 11.8 Å². The zero-order chi connectivity index (χ0) is 14.3. The average Bonchev–Trinajstić information content (AvgIpc) is 3.00. The van der Waals surface area contributed by atoms with Gasteiger partial charge in [-0.3, -0.25) is 4.79 Å². The molecule has 3 rings (SSSR count). The van der Waals surface area contributed by atoms with Crippen molar-refractivity contribution in [1.82, 2.24) is 4.90 Å². The first-order valence-corrected chi connectivity index (χ1v) is 7.02. The second-order valence-electron chi connectivity index (χ2n) is 5.42. The van der Waals surface area contributed by atoms with Gasteiger partial charge in [-0.1, -0.05) is 0 Å². The molecule has 6 nitrogen and oxygen atoms in total. The first-order chi connectivity index (χ1) is 9.61. The normalized spacial score (nSPS) is 34.5. The number of carbonyl (C=O) groups is 2. The Morgan fingerprint density at radius 2 is 2.35 bits per heavy atom. The van der Waals surface area contributed by atoms with Crippen molar-refractivity contribution < 1.29 is 23.8 Å². The van der Waals surface area contributed by atoms with Crippen molar-refractivity contribution in [2.75, 3.05) is 20.3 Å². The Balaban J connectivity index is 1.94. The quantitative estimate of drug-likeness (QED) is 0.714. The molecule has 2 fully saturated rings. The van der Waals surface area contributed by atoms with Crippen LogP contribution in [0.4, 0.5) is 0 Å². The van der Waals surface area contributed by atoms with Crippen LogP contribution in [0.5, 0.6) is 0 Å². The van der Waals surface area contributed by atoms with Gasteiger partial charge in [-0.05, 0) is 19.8 Å². The Hall–Kier alpha value is -1.56. The predicted octanol–water partition coefficient (Wildman–Crippen LogP) is 0.817. The maximum Gasteiger partial charge on any atom is 0.337 e. The second-order valence-corrected chi connectivity index (χ2v) is 5.42. The van der Waals surface area contributed by atoms with E-state index in [0.29, 0.717) is 18.6 Å². The summed E-state index contributed by atoms with van der Waals surface area (Å²) >= 11 is 0. The number of esters is 2. The van der Waals surface area contributed by atoms with Gasteiger partial charge >= 0.3 is 11.9 Å². The molecule has 3 atom stereocenters. The Kier molecular flexibility index (Phi) is 3.20. The van der Waals surface area contributed by atoms with Crippen molar-refractivity contribution in [1.29, 1.82) is 0 Å². The summed E-state index contributed by atoms with van der Waals surface area (Å²) in [5, 5.41) is 0. The number of carbonyl (C=O) groups excluding carboxylic acids is 2. The summed E-state index contributed by atoms with van der Waals surface area (Å²) in [6.45, 7) is 2.94. The minimum absolute atomic E-state index is 0.294. The molecule has 0 aromatic heterocycles. The lowest BCUT2D eigenvalue weighted by atomic mass is 9.93. The van der Waals surface area contributed by atoms with Crippen LogP contribution >= 0.6 is 0 Å². The van der Waals surface area contributed by atoms with E-state index in [1.54, 1.807) is 6.92 Å². The van der Waals surface area contributed by atoms with E-state index in [4.69, 9.17) is 14.2 Å². The highest BCUT2D eigenvalue weighted by Crippen LogP contribution is 2.50. The molecule has 0 amide bonds. The smallest absolute Gasteiger partial charge is 0.337 e. The Labute approximate surface area is 117 Å². The molecule has 0 aliphatic carbocycles. The fourth-order valence-electron chi connectivity index (χ4n) is 3.48. The van der Waals surface area contributed by atoms with Crippen LogP contribution in [0, 0.1) is 5.92 Å². The summed E-state index contributed by atoms with van der Waals surface area (Å²) in [6, 6.07) is 0. The molecule has 110 valence electrons. The van der Waals surface area contributed by atoms with Crippen LogP contribution in [-0.4, -0.2) is 48.9 Å². The molecule has 2 bridgehead atoms. The van der Waals surface area contributed by atoms with Crippen molar-refractivity contribution in [3.63, 3.8) is 0 Å². The SMILES string of the molecule is CCOC(=O)[C@H]1C[C@]23CCCN2C=C(C(=O)OC)[C@H]1O3. The molecular formula is C14H19NO5. The third-order valence-corrected chi connectivity index (χ3v) is 4.35. The number of methoxy groups -OCH3 is 1. The minimum Gasteiger partial charge on any atom is -0.466 e. The Morgan fingerprint density at radius 1 is 1.55 bits per heavy atom. The van der Waals surface area contributed by atoms with Gasteiger partial charge in [0, 0.05) is 19.2 Å². The van der Waals surface area contributed by atoms with E-state index in [1.807, 2.05) is 11.1 Å². The first-order valence-electron chi connectivity index (χ1n) is 7.02. The molecular weight excluding hydrogens is 262 g/mol. The summed E-state index contributed by atoms with van der Waals surface area (Å²) in [6.07, 6.45) is 3.72. The van der Waals surface area contributed by atoms with Gasteiger partial charge in [0.1, 0.15) is 11.8 Å². The molecule has 3 aliphatic rings. The van der Waals surface area contributed by atoms with E-state index in [9.17, 15) is 9.59 Å². The van der Waals surface area contributed by atoms with Gasteiger partial charge in [0.15, 0.2) is 0 Å². The van der Waals surface area contributed by atoms with Gasteiger partial charge < -0.3 is 19.1 Å². The molecule has 0 radical (unpaired) electrons. The molecule has 6 heteroatoms. The van der Waals surface area contributed by atoms with E-state index in [-0.39, 0.29) is 5.97 Å². The summed E-state index contributed by atoms with van der Waals surface area (Å²) < 4.78 is 16.0. The fraction of sp³-hybridized carbons (Fsp3) is 0.714. The molecule has 3 aliphatic heterocycles. The lowest BCUT2D eigenvalue weighted by Gasteiger charge is -2.37. The highest BCUT2D eigenvalue weighted by atomic mass is 16.6. The van der Waals surface area contributed by atoms with Crippen LogP contribution < -0.4 is 0 Å². The molecule has 2 saturated heterocycles. The van der Waals surface area contributed by atoms with Gasteiger partial charge in [-0.2, -0.15) is 0 Å². The highest BCUT2D eigenvalue weighted by Gasteiger charge is 2.59. The molecule has 3 heterocycles. The van der Waals surface area contributed by atoms with Gasteiger partial charge in [-0.25, -0.2) is 4.79 Å². The van der Waals surface area contributed by atoms with Crippen molar-refractivity contribution >= 4 is 11.9 Å². The van der Waals surface area contributed by atoms with Gasteiger partial charge in [0.05, 0.1) is 25.2 Å². The summed E-state index contributed by atoms with van der Waals surface area (Å²) in [7, 11) is 1.34. The van der Waals surface area contributed by atoms with E-state index in [2.05, 4.69) is 0 Å². The van der Waals surface area contributed by atoms with Crippen LogP contribution in [-0.2, 0) is 23.8 Å². The second kappa shape index (κ2) is 4.77. The van der Waals surface area contributed by atoms with E-state index in [0.717, 1.165) is 19.4 Å². The van der Waals surface area contributed by atoms with E-state index < -0.39 is 23.7 Å². The number of fused-ring (bicyclic) bond motifs is 1. The Bertz CT molecular complexity index is 474. The van der Waals surface area contributed by atoms with Crippen molar-refractivity contribution in [2.24, 2.45) is 5.92 Å². The summed E-state index contributed by atoms with van der Waals surface area (Å²) in [5.41, 5.74) is -0.0137. The zero-order valence-electron chi connectivity index (χ0n) is 11.8. The van der Waals surface area contributed by atoms with Crippen LogP contribution in [0.25, 0.3) is 0 Å². The maximum atomic E-state index is 12.1. The van der Waals surface area contributed by atoms with Crippen LogP contribution in [0.15, 0.2) is 11.8 Å². The largest absolute Gasteiger partial charge is 0.466 e. The van der Waals surface area contributed by atoms with E-state index >= 15 is 0 Å². The fourth-order valence-corrected chi connectivity index (χ4v) is 3.48. The topological polar surface area (TPSA) is 65.1 Å². The average molecular weight is 281 g/mol. The molecule has 1 spiro atoms. The van der Waals surface area contributed by atoms with Crippen LogP contribution in [0.3, 0.4) is 0 Å². The minimum atomic E-state index is -0.546. The molecule has 0 saturated carbocycles. The third-order valence-electron chi connectivity index (χ3n) is 4.35. The monoisotopic (exact) mass is 281 g/mol. The summed E-state index contributed by atoms with van der Waals surface area (Å²) in [5.74, 6) is -1.16. The van der Waals surface area contributed by atoms with E-state index in [1.165, 1.54) is 7.11 Å². The number of nitrogens with zero attached hydrogens (tertiary/aromatic N) is 1. The lowest BCUT2D eigenvalue weighted by molar-refractivity contribution is -0.152. The number of rotatable bonds is 3. The Morgan fingerprint density at radius 3 is 3.05 bits per heavy atom.